The Morgan fingerprint density at radius 1 is 0.970 bits per heavy atom. The van der Waals surface area contributed by atoms with Crippen molar-refractivity contribution in [3.63, 3.8) is 0 Å². The highest BCUT2D eigenvalue weighted by Gasteiger charge is 2.20. The van der Waals surface area contributed by atoms with E-state index in [1.165, 1.54) is 60.3 Å². The first kappa shape index (κ1) is 27.0. The van der Waals surface area contributed by atoms with Crippen LogP contribution in [0.1, 0.15) is 63.6 Å². The maximum absolute atomic E-state index is 5.98. The van der Waals surface area contributed by atoms with Crippen LogP contribution in [0.4, 0.5) is 5.69 Å². The number of hydrogen-bond donors (Lipinski definition) is 1. The van der Waals surface area contributed by atoms with Crippen molar-refractivity contribution in [1.82, 2.24) is 5.32 Å². The average Bonchev–Trinajstić information content (AvgIpc) is 2.95. The maximum Gasteiger partial charge on any atom is 0.0446 e. The van der Waals surface area contributed by atoms with Gasteiger partial charge in [0, 0.05) is 23.0 Å². The van der Waals surface area contributed by atoms with Crippen LogP contribution in [0.3, 0.4) is 0 Å². The van der Waals surface area contributed by atoms with Gasteiger partial charge < -0.3 is 10.2 Å². The number of halogens is 1. The number of aryl methyl sites for hydroxylation is 1. The third-order valence-corrected chi connectivity index (χ3v) is 6.27. The van der Waals surface area contributed by atoms with Crippen LogP contribution in [0.5, 0.6) is 0 Å². The first-order chi connectivity index (χ1) is 16.0. The lowest BCUT2D eigenvalue weighted by molar-refractivity contribution is 0.520. The number of benzene rings is 2. The van der Waals surface area contributed by atoms with Crippen molar-refractivity contribution in [2.24, 2.45) is 0 Å². The van der Waals surface area contributed by atoms with Gasteiger partial charge in [0.05, 0.1) is 0 Å². The summed E-state index contributed by atoms with van der Waals surface area (Å²) in [7, 11) is 0. The van der Waals surface area contributed by atoms with Crippen LogP contribution >= 0.6 is 11.6 Å². The van der Waals surface area contributed by atoms with E-state index in [4.69, 9.17) is 11.6 Å². The van der Waals surface area contributed by atoms with Crippen molar-refractivity contribution in [1.29, 1.82) is 0 Å². The molecule has 3 heteroatoms. The molecule has 4 rings (SSSR count). The highest BCUT2D eigenvalue weighted by molar-refractivity contribution is 6.30. The van der Waals surface area contributed by atoms with Crippen LogP contribution in [0.2, 0.25) is 5.02 Å². The number of fused-ring (bicyclic) bond motifs is 1. The number of piperidine rings is 1. The normalized spacial score (nSPS) is 15.8. The zero-order chi connectivity index (χ0) is 24.2. The van der Waals surface area contributed by atoms with E-state index in [0.29, 0.717) is 0 Å². The molecular weight excluding hydrogens is 424 g/mol. The largest absolute Gasteiger partial charge is 0.342 e. The third kappa shape index (κ3) is 7.91. The molecule has 0 saturated carbocycles. The Morgan fingerprint density at radius 2 is 1.64 bits per heavy atom. The summed E-state index contributed by atoms with van der Waals surface area (Å²) in [4.78, 5) is 2.31. The second kappa shape index (κ2) is 14.1. The first-order valence-electron chi connectivity index (χ1n) is 12.4. The molecule has 2 aromatic carbocycles. The average molecular weight is 465 g/mol. The quantitative estimate of drug-likeness (QED) is 0.490. The predicted octanol–water partition coefficient (Wildman–Crippen LogP) is 8.36. The van der Waals surface area contributed by atoms with Crippen molar-refractivity contribution < 1.29 is 0 Å². The summed E-state index contributed by atoms with van der Waals surface area (Å²) in [6, 6.07) is 14.6. The summed E-state index contributed by atoms with van der Waals surface area (Å²) < 4.78 is 0. The number of nitrogens with one attached hydrogen (secondary N) is 1. The molecule has 33 heavy (non-hydrogen) atoms. The van der Waals surface area contributed by atoms with E-state index >= 15 is 0 Å². The van der Waals surface area contributed by atoms with Crippen LogP contribution in [0.15, 0.2) is 72.0 Å². The Hall–Kier alpha value is -2.29. The van der Waals surface area contributed by atoms with E-state index in [9.17, 15) is 0 Å². The van der Waals surface area contributed by atoms with Crippen molar-refractivity contribution in [3.8, 4) is 0 Å². The topological polar surface area (TPSA) is 15.3 Å². The molecule has 2 aromatic rings. The minimum atomic E-state index is 0.762. The van der Waals surface area contributed by atoms with Gasteiger partial charge in [-0.3, -0.25) is 0 Å². The Morgan fingerprint density at radius 3 is 2.18 bits per heavy atom. The van der Waals surface area contributed by atoms with Gasteiger partial charge in [-0.1, -0.05) is 80.4 Å². The lowest BCUT2D eigenvalue weighted by Crippen LogP contribution is -2.22. The van der Waals surface area contributed by atoms with Crippen LogP contribution in [-0.2, 0) is 6.42 Å². The fourth-order valence-corrected chi connectivity index (χ4v) is 4.23. The molecule has 1 fully saturated rings. The van der Waals surface area contributed by atoms with E-state index in [1.807, 2.05) is 38.1 Å². The smallest absolute Gasteiger partial charge is 0.0446 e. The van der Waals surface area contributed by atoms with Crippen molar-refractivity contribution >= 4 is 23.4 Å². The molecule has 178 valence electrons. The molecule has 2 heterocycles. The first-order valence-corrected chi connectivity index (χ1v) is 12.8. The van der Waals surface area contributed by atoms with Crippen LogP contribution in [0.25, 0.3) is 6.08 Å². The second-order valence-electron chi connectivity index (χ2n) is 8.35. The Labute approximate surface area is 207 Å². The van der Waals surface area contributed by atoms with E-state index in [0.717, 1.165) is 29.2 Å². The molecule has 0 bridgehead atoms. The summed E-state index contributed by atoms with van der Waals surface area (Å²) in [5.41, 5.74) is 8.71. The van der Waals surface area contributed by atoms with Crippen molar-refractivity contribution in [2.45, 2.75) is 60.3 Å². The maximum atomic E-state index is 5.98. The van der Waals surface area contributed by atoms with Gasteiger partial charge in [0.15, 0.2) is 0 Å². The number of likely N-dealkylation sites (N-methyl/N-ethyl adjacent to an activating group) is 1. The van der Waals surface area contributed by atoms with Crippen molar-refractivity contribution in [2.75, 3.05) is 24.5 Å². The molecule has 0 aromatic heterocycles. The lowest BCUT2D eigenvalue weighted by Gasteiger charge is -2.26. The summed E-state index contributed by atoms with van der Waals surface area (Å²) in [5, 5.41) is 4.05. The van der Waals surface area contributed by atoms with Gasteiger partial charge >= 0.3 is 0 Å². The fraction of sp³-hybridized carbons (Fsp3) is 0.400. The third-order valence-electron chi connectivity index (χ3n) is 6.02. The molecule has 2 aliphatic rings. The number of hydrogen-bond acceptors (Lipinski definition) is 2. The van der Waals surface area contributed by atoms with Gasteiger partial charge in [0.2, 0.25) is 0 Å². The standard InChI is InChI=1S/C23H24ClN.C5H11N.C2H6/c1-5-25-18(4)17(3)20(10-7-19-8-11-22(24)12-9-19)15-21-14-16(2)6-13-23(21)25;1-2-4-6-5-3-1;1-2/h6-14H,4-5,15H2,1-3H3;6H,1-5H2;1-2H3/b10-7+;;. The van der Waals surface area contributed by atoms with Gasteiger partial charge in [-0.2, -0.15) is 0 Å². The van der Waals surface area contributed by atoms with Crippen molar-refractivity contribution in [3.05, 3.63) is 93.7 Å². The molecule has 0 amide bonds. The summed E-state index contributed by atoms with van der Waals surface area (Å²) in [5.74, 6) is 0. The second-order valence-corrected chi connectivity index (χ2v) is 8.78. The Kier molecular flexibility index (Phi) is 11.5. The van der Waals surface area contributed by atoms with E-state index < -0.39 is 0 Å². The van der Waals surface area contributed by atoms with Crippen LogP contribution < -0.4 is 10.2 Å². The lowest BCUT2D eigenvalue weighted by atomic mass is 9.98. The summed E-state index contributed by atoms with van der Waals surface area (Å²) >= 11 is 5.98. The molecular formula is C30H41ClN2. The minimum absolute atomic E-state index is 0.762. The molecule has 0 unspecified atom stereocenters. The number of rotatable bonds is 3. The SMILES string of the molecule is C1CCNCC1.C=C1C(C)=C(/C=C/c2ccc(Cl)cc2)Cc2cc(C)ccc2N1CC.CC. The highest BCUT2D eigenvalue weighted by Crippen LogP contribution is 2.35. The van der Waals surface area contributed by atoms with Crippen LogP contribution in [-0.4, -0.2) is 19.6 Å². The zero-order valence-corrected chi connectivity index (χ0v) is 21.9. The fourth-order valence-electron chi connectivity index (χ4n) is 4.11. The summed E-state index contributed by atoms with van der Waals surface area (Å²) in [6.07, 6.45) is 9.50. The van der Waals surface area contributed by atoms with Gasteiger partial charge in [-0.05, 0) is 93.6 Å². The van der Waals surface area contributed by atoms with Gasteiger partial charge in [-0.25, -0.2) is 0 Å². The monoisotopic (exact) mass is 464 g/mol. The Bertz CT molecular complexity index is 938. The number of anilines is 1. The van der Waals surface area contributed by atoms with Crippen LogP contribution in [0, 0.1) is 6.92 Å². The zero-order valence-electron chi connectivity index (χ0n) is 21.2. The molecule has 0 spiro atoms. The predicted molar refractivity (Wildman–Crippen MR) is 148 cm³/mol. The molecule has 2 aliphatic heterocycles. The number of nitrogens with zero attached hydrogens (tertiary/aromatic N) is 1. The number of allylic oxidation sites excluding steroid dienone is 3. The van der Waals surface area contributed by atoms with Gasteiger partial charge in [0.25, 0.3) is 0 Å². The summed E-state index contributed by atoms with van der Waals surface area (Å²) in [6.45, 7) is 18.3. The van der Waals surface area contributed by atoms with Gasteiger partial charge in [-0.15, -0.1) is 0 Å². The molecule has 1 saturated heterocycles. The molecule has 0 aliphatic carbocycles. The van der Waals surface area contributed by atoms with Gasteiger partial charge in [0.1, 0.15) is 0 Å². The Balaban J connectivity index is 0.000000411. The molecule has 0 atom stereocenters. The molecule has 2 nitrogen and oxygen atoms in total. The van der Waals surface area contributed by atoms with E-state index in [1.54, 1.807) is 0 Å². The molecule has 1 N–H and O–H groups in total. The van der Waals surface area contributed by atoms with E-state index in [2.05, 4.69) is 67.9 Å². The van der Waals surface area contributed by atoms with E-state index in [-0.39, 0.29) is 0 Å². The molecule has 0 radical (unpaired) electrons. The minimum Gasteiger partial charge on any atom is -0.342 e. The highest BCUT2D eigenvalue weighted by atomic mass is 35.5.